The van der Waals surface area contributed by atoms with Gasteiger partial charge in [-0.05, 0) is 42.8 Å². The van der Waals surface area contributed by atoms with Gasteiger partial charge in [-0.15, -0.1) is 12.4 Å². The molecule has 0 fully saturated rings. The Kier molecular flexibility index (Phi) is 11.5. The van der Waals surface area contributed by atoms with Crippen molar-refractivity contribution >= 4 is 18.4 Å². The second-order valence-electron chi connectivity index (χ2n) is 6.97. The number of aliphatic hydroxyl groups is 1. The Hall–Kier alpha value is -2.08. The van der Waals surface area contributed by atoms with Gasteiger partial charge in [0.15, 0.2) is 0 Å². The van der Waals surface area contributed by atoms with Gasteiger partial charge in [-0.25, -0.2) is 4.79 Å². The SMILES string of the molecule is CCCCOc1ccc(C(O)(C(=O)OCCN(CC)CC)c2ccccc2)cc1.Cl. The summed E-state index contributed by atoms with van der Waals surface area (Å²) in [4.78, 5) is 15.2. The van der Waals surface area contributed by atoms with Crippen LogP contribution < -0.4 is 4.74 Å². The summed E-state index contributed by atoms with van der Waals surface area (Å²) in [6.45, 7) is 9.52. The molecule has 1 atom stereocenters. The van der Waals surface area contributed by atoms with E-state index in [0.29, 0.717) is 30.0 Å². The summed E-state index contributed by atoms with van der Waals surface area (Å²) in [6, 6.07) is 15.9. The van der Waals surface area contributed by atoms with Crippen LogP contribution in [0.5, 0.6) is 5.75 Å². The van der Waals surface area contributed by atoms with Crippen LogP contribution in [0.3, 0.4) is 0 Å². The Labute approximate surface area is 186 Å². The van der Waals surface area contributed by atoms with E-state index in [0.717, 1.165) is 25.9 Å². The van der Waals surface area contributed by atoms with E-state index < -0.39 is 11.6 Å². The molecule has 6 heteroatoms. The molecule has 5 nitrogen and oxygen atoms in total. The van der Waals surface area contributed by atoms with Crippen LogP contribution in [0.4, 0.5) is 0 Å². The van der Waals surface area contributed by atoms with E-state index >= 15 is 0 Å². The molecular formula is C24H34ClNO4. The zero-order valence-corrected chi connectivity index (χ0v) is 19.0. The Morgan fingerprint density at radius 2 is 1.53 bits per heavy atom. The first kappa shape index (κ1) is 26.0. The highest BCUT2D eigenvalue weighted by atomic mass is 35.5. The number of benzene rings is 2. The zero-order valence-electron chi connectivity index (χ0n) is 18.2. The normalized spacial score (nSPS) is 12.7. The maximum absolute atomic E-state index is 13.0. The van der Waals surface area contributed by atoms with Crippen molar-refractivity contribution in [3.63, 3.8) is 0 Å². The lowest BCUT2D eigenvalue weighted by atomic mass is 9.86. The van der Waals surface area contributed by atoms with Gasteiger partial charge in [0.2, 0.25) is 5.60 Å². The summed E-state index contributed by atoms with van der Waals surface area (Å²) in [5.41, 5.74) is -0.932. The van der Waals surface area contributed by atoms with Gasteiger partial charge in [-0.3, -0.25) is 0 Å². The van der Waals surface area contributed by atoms with Crippen LogP contribution >= 0.6 is 12.4 Å². The lowest BCUT2D eigenvalue weighted by Crippen LogP contribution is -2.40. The second kappa shape index (κ2) is 13.3. The fraction of sp³-hybridized carbons (Fsp3) is 0.458. The largest absolute Gasteiger partial charge is 0.494 e. The average Bonchev–Trinajstić information content (AvgIpc) is 2.77. The van der Waals surface area contributed by atoms with E-state index in [1.54, 1.807) is 48.5 Å². The molecule has 0 radical (unpaired) electrons. The van der Waals surface area contributed by atoms with E-state index in [9.17, 15) is 9.90 Å². The summed E-state index contributed by atoms with van der Waals surface area (Å²) in [7, 11) is 0. The maximum Gasteiger partial charge on any atom is 0.347 e. The fourth-order valence-corrected chi connectivity index (χ4v) is 3.12. The van der Waals surface area contributed by atoms with Crippen molar-refractivity contribution in [3.8, 4) is 5.75 Å². The van der Waals surface area contributed by atoms with Gasteiger partial charge >= 0.3 is 5.97 Å². The molecule has 0 heterocycles. The first-order valence-corrected chi connectivity index (χ1v) is 10.5. The van der Waals surface area contributed by atoms with E-state index in [4.69, 9.17) is 9.47 Å². The highest BCUT2D eigenvalue weighted by Gasteiger charge is 2.41. The predicted molar refractivity (Wildman–Crippen MR) is 122 cm³/mol. The Bertz CT molecular complexity index is 735. The molecule has 2 rings (SSSR count). The number of hydrogen-bond donors (Lipinski definition) is 1. The third-order valence-electron chi connectivity index (χ3n) is 5.06. The third-order valence-corrected chi connectivity index (χ3v) is 5.06. The van der Waals surface area contributed by atoms with Crippen LogP contribution in [-0.2, 0) is 15.1 Å². The van der Waals surface area contributed by atoms with Gasteiger partial charge < -0.3 is 19.5 Å². The van der Waals surface area contributed by atoms with Crippen LogP contribution in [0, 0.1) is 0 Å². The Balaban J connectivity index is 0.00000450. The van der Waals surface area contributed by atoms with Crippen LogP contribution in [0.1, 0.15) is 44.7 Å². The minimum absolute atomic E-state index is 0. The number of carbonyl (C=O) groups is 1. The molecule has 0 saturated heterocycles. The number of rotatable bonds is 12. The van der Waals surface area contributed by atoms with Gasteiger partial charge in [-0.2, -0.15) is 0 Å². The third kappa shape index (κ3) is 6.73. The molecule has 0 bridgehead atoms. The lowest BCUT2D eigenvalue weighted by Gasteiger charge is -2.28. The molecule has 30 heavy (non-hydrogen) atoms. The number of esters is 1. The number of unbranched alkanes of at least 4 members (excludes halogenated alkanes) is 1. The Morgan fingerprint density at radius 1 is 0.933 bits per heavy atom. The minimum atomic E-state index is -1.87. The molecular weight excluding hydrogens is 402 g/mol. The van der Waals surface area contributed by atoms with Gasteiger partial charge in [0.1, 0.15) is 12.4 Å². The smallest absolute Gasteiger partial charge is 0.347 e. The van der Waals surface area contributed by atoms with E-state index in [2.05, 4.69) is 25.7 Å². The van der Waals surface area contributed by atoms with Crippen molar-refractivity contribution in [2.24, 2.45) is 0 Å². The highest BCUT2D eigenvalue weighted by molar-refractivity contribution is 5.85. The molecule has 0 aliphatic carbocycles. The molecule has 1 N–H and O–H groups in total. The molecule has 2 aromatic carbocycles. The van der Waals surface area contributed by atoms with Gasteiger partial charge in [0.05, 0.1) is 6.61 Å². The van der Waals surface area contributed by atoms with Crippen molar-refractivity contribution in [1.29, 1.82) is 0 Å². The Morgan fingerprint density at radius 3 is 2.10 bits per heavy atom. The molecule has 0 spiro atoms. The van der Waals surface area contributed by atoms with Crippen molar-refractivity contribution in [2.75, 3.05) is 32.8 Å². The molecule has 0 amide bonds. The minimum Gasteiger partial charge on any atom is -0.494 e. The number of ether oxygens (including phenoxy) is 2. The summed E-state index contributed by atoms with van der Waals surface area (Å²) >= 11 is 0. The predicted octanol–water partition coefficient (Wildman–Crippen LogP) is 4.41. The maximum atomic E-state index is 13.0. The van der Waals surface area contributed by atoms with Crippen molar-refractivity contribution in [3.05, 3.63) is 65.7 Å². The zero-order chi connectivity index (χ0) is 21.1. The summed E-state index contributed by atoms with van der Waals surface area (Å²) < 4.78 is 11.2. The van der Waals surface area contributed by atoms with E-state index in [-0.39, 0.29) is 19.0 Å². The quantitative estimate of drug-likeness (QED) is 0.395. The number of nitrogens with zero attached hydrogens (tertiary/aromatic N) is 1. The monoisotopic (exact) mass is 435 g/mol. The molecule has 1 unspecified atom stereocenters. The molecule has 0 aromatic heterocycles. The number of carbonyl (C=O) groups excluding carboxylic acids is 1. The van der Waals surface area contributed by atoms with Crippen LogP contribution in [0.15, 0.2) is 54.6 Å². The van der Waals surface area contributed by atoms with Crippen molar-refractivity contribution < 1.29 is 19.4 Å². The van der Waals surface area contributed by atoms with Crippen molar-refractivity contribution in [1.82, 2.24) is 4.90 Å². The summed E-state index contributed by atoms with van der Waals surface area (Å²) in [5.74, 6) is 0.0445. The number of likely N-dealkylation sites (N-methyl/N-ethyl adjacent to an activating group) is 1. The van der Waals surface area contributed by atoms with Gasteiger partial charge in [0, 0.05) is 6.54 Å². The molecule has 0 saturated carbocycles. The number of halogens is 1. The molecule has 0 aliphatic heterocycles. The van der Waals surface area contributed by atoms with Crippen LogP contribution in [-0.4, -0.2) is 48.8 Å². The lowest BCUT2D eigenvalue weighted by molar-refractivity contribution is -0.162. The first-order chi connectivity index (χ1) is 14.1. The van der Waals surface area contributed by atoms with Crippen LogP contribution in [0.25, 0.3) is 0 Å². The summed E-state index contributed by atoms with van der Waals surface area (Å²) in [5, 5.41) is 11.5. The van der Waals surface area contributed by atoms with Crippen molar-refractivity contribution in [2.45, 2.75) is 39.2 Å². The average molecular weight is 436 g/mol. The van der Waals surface area contributed by atoms with Gasteiger partial charge in [-0.1, -0.05) is 69.7 Å². The van der Waals surface area contributed by atoms with Crippen LogP contribution in [0.2, 0.25) is 0 Å². The van der Waals surface area contributed by atoms with E-state index in [1.165, 1.54) is 0 Å². The standard InChI is InChI=1S/C24H33NO4.ClH/c1-4-7-18-28-22-15-13-21(14-16-22)24(27,20-11-9-8-10-12-20)23(26)29-19-17-25(5-2)6-3;/h8-16,27H,4-7,17-19H2,1-3H3;1H. The second-order valence-corrected chi connectivity index (χ2v) is 6.97. The van der Waals surface area contributed by atoms with Gasteiger partial charge in [0.25, 0.3) is 0 Å². The molecule has 166 valence electrons. The molecule has 2 aromatic rings. The number of hydrogen-bond acceptors (Lipinski definition) is 5. The summed E-state index contributed by atoms with van der Waals surface area (Å²) in [6.07, 6.45) is 2.04. The highest BCUT2D eigenvalue weighted by Crippen LogP contribution is 2.32. The topological polar surface area (TPSA) is 59.0 Å². The molecule has 0 aliphatic rings. The van der Waals surface area contributed by atoms with E-state index in [1.807, 2.05) is 6.07 Å². The fourth-order valence-electron chi connectivity index (χ4n) is 3.12. The first-order valence-electron chi connectivity index (χ1n) is 10.5.